The van der Waals surface area contributed by atoms with Gasteiger partial charge < -0.3 is 4.98 Å². The monoisotopic (exact) mass is 207 g/mol. The second-order valence-electron chi connectivity index (χ2n) is 6.83. The molecular weight excluding hydrogens is 182 g/mol. The second-order valence-corrected chi connectivity index (χ2v) is 6.83. The third kappa shape index (κ3) is 3.73. The van der Waals surface area contributed by atoms with Gasteiger partial charge in [-0.15, -0.1) is 0 Å². The largest absolute Gasteiger partial charge is 0.367 e. The zero-order valence-electron chi connectivity index (χ0n) is 11.0. The Kier molecular flexibility index (Phi) is 3.32. The molecule has 0 saturated carbocycles. The van der Waals surface area contributed by atoms with Crippen molar-refractivity contribution in [2.45, 2.75) is 53.9 Å². The first-order valence-electron chi connectivity index (χ1n) is 5.83. The maximum Gasteiger partial charge on any atom is 0.00403 e. The van der Waals surface area contributed by atoms with Crippen LogP contribution < -0.4 is 0 Å². The van der Waals surface area contributed by atoms with Crippen LogP contribution in [-0.2, 0) is 0 Å². The molecule has 0 aliphatic carbocycles. The zero-order valence-corrected chi connectivity index (χ0v) is 11.0. The van der Waals surface area contributed by atoms with Crippen molar-refractivity contribution in [2.75, 3.05) is 0 Å². The summed E-state index contributed by atoms with van der Waals surface area (Å²) in [6.07, 6.45) is 5.40. The van der Waals surface area contributed by atoms with Crippen molar-refractivity contribution in [3.63, 3.8) is 0 Å². The van der Waals surface area contributed by atoms with E-state index in [2.05, 4.69) is 58.8 Å². The Labute approximate surface area is 94.3 Å². The normalized spacial score (nSPS) is 15.3. The van der Waals surface area contributed by atoms with E-state index in [1.165, 1.54) is 12.0 Å². The van der Waals surface area contributed by atoms with E-state index in [9.17, 15) is 0 Å². The van der Waals surface area contributed by atoms with Gasteiger partial charge in [0.25, 0.3) is 0 Å². The minimum absolute atomic E-state index is 0.329. The zero-order chi connectivity index (χ0) is 11.7. The van der Waals surface area contributed by atoms with Gasteiger partial charge in [-0.3, -0.25) is 0 Å². The summed E-state index contributed by atoms with van der Waals surface area (Å²) in [5, 5.41) is 0. The fourth-order valence-corrected chi connectivity index (χ4v) is 2.09. The molecule has 0 bridgehead atoms. The van der Waals surface area contributed by atoms with Gasteiger partial charge in [0.2, 0.25) is 0 Å². The summed E-state index contributed by atoms with van der Waals surface area (Å²) in [5.41, 5.74) is 2.16. The minimum atomic E-state index is 0.329. The predicted octanol–water partition coefficient (Wildman–Crippen LogP) is 4.58. The molecule has 86 valence electrons. The van der Waals surface area contributed by atoms with E-state index in [1.807, 2.05) is 6.20 Å². The number of H-pyrrole nitrogens is 1. The molecule has 0 radical (unpaired) electrons. The molecule has 1 heterocycles. The van der Waals surface area contributed by atoms with Gasteiger partial charge in [0.05, 0.1) is 0 Å². The average molecular weight is 207 g/mol. The van der Waals surface area contributed by atoms with Crippen LogP contribution in [0, 0.1) is 10.8 Å². The highest BCUT2D eigenvalue weighted by molar-refractivity contribution is 5.17. The van der Waals surface area contributed by atoms with Crippen LogP contribution in [0.2, 0.25) is 0 Å². The van der Waals surface area contributed by atoms with Crippen LogP contribution in [0.5, 0.6) is 0 Å². The van der Waals surface area contributed by atoms with Gasteiger partial charge in [-0.1, -0.05) is 41.5 Å². The van der Waals surface area contributed by atoms with Crippen molar-refractivity contribution < 1.29 is 0 Å². The molecule has 0 aliphatic rings. The third-order valence-corrected chi connectivity index (χ3v) is 2.89. The molecule has 0 aromatic carbocycles. The quantitative estimate of drug-likeness (QED) is 0.730. The Bertz CT molecular complexity index is 282. The summed E-state index contributed by atoms with van der Waals surface area (Å²) in [7, 11) is 0. The Morgan fingerprint density at radius 2 is 1.73 bits per heavy atom. The lowest BCUT2D eigenvalue weighted by Gasteiger charge is -2.35. The van der Waals surface area contributed by atoms with E-state index < -0.39 is 0 Å². The molecule has 1 N–H and O–H groups in total. The van der Waals surface area contributed by atoms with Gasteiger partial charge in [-0.25, -0.2) is 0 Å². The molecule has 1 unspecified atom stereocenters. The van der Waals surface area contributed by atoms with Crippen molar-refractivity contribution >= 4 is 0 Å². The van der Waals surface area contributed by atoms with Gasteiger partial charge in [-0.05, 0) is 34.8 Å². The van der Waals surface area contributed by atoms with Crippen LogP contribution >= 0.6 is 0 Å². The molecule has 0 spiro atoms. The van der Waals surface area contributed by atoms with Crippen molar-refractivity contribution in [1.82, 2.24) is 4.98 Å². The Hall–Kier alpha value is -0.720. The molecule has 1 atom stereocenters. The highest BCUT2D eigenvalue weighted by Gasteiger charge is 2.30. The van der Waals surface area contributed by atoms with Gasteiger partial charge in [0.1, 0.15) is 0 Å². The van der Waals surface area contributed by atoms with Crippen LogP contribution in [0.3, 0.4) is 0 Å². The van der Waals surface area contributed by atoms with Gasteiger partial charge in [0.15, 0.2) is 0 Å². The summed E-state index contributed by atoms with van der Waals surface area (Å²) in [6, 6.07) is 2.21. The van der Waals surface area contributed by atoms with Gasteiger partial charge in [0, 0.05) is 12.4 Å². The van der Waals surface area contributed by atoms with E-state index in [1.54, 1.807) is 0 Å². The predicted molar refractivity (Wildman–Crippen MR) is 67.1 cm³/mol. The van der Waals surface area contributed by atoms with E-state index in [-0.39, 0.29) is 0 Å². The van der Waals surface area contributed by atoms with Gasteiger partial charge >= 0.3 is 0 Å². The number of aromatic amines is 1. The van der Waals surface area contributed by atoms with Crippen LogP contribution in [0.15, 0.2) is 18.5 Å². The van der Waals surface area contributed by atoms with E-state index in [4.69, 9.17) is 0 Å². The molecule has 1 rings (SSSR count). The Morgan fingerprint density at radius 1 is 1.13 bits per heavy atom. The average Bonchev–Trinajstić information content (AvgIpc) is 2.47. The summed E-state index contributed by atoms with van der Waals surface area (Å²) < 4.78 is 0. The molecule has 0 fully saturated rings. The maximum absolute atomic E-state index is 3.17. The summed E-state index contributed by atoms with van der Waals surface area (Å²) in [4.78, 5) is 3.17. The molecule has 1 aromatic heterocycles. The Morgan fingerprint density at radius 3 is 2.07 bits per heavy atom. The van der Waals surface area contributed by atoms with Crippen molar-refractivity contribution in [3.05, 3.63) is 24.0 Å². The van der Waals surface area contributed by atoms with E-state index in [0.29, 0.717) is 16.7 Å². The number of rotatable bonds is 2. The lowest BCUT2D eigenvalue weighted by atomic mass is 9.70. The lowest BCUT2D eigenvalue weighted by molar-refractivity contribution is 0.229. The summed E-state index contributed by atoms with van der Waals surface area (Å²) in [5.74, 6) is 0.628. The molecule has 0 amide bonds. The van der Waals surface area contributed by atoms with Crippen LogP contribution in [0.25, 0.3) is 0 Å². The highest BCUT2D eigenvalue weighted by Crippen LogP contribution is 2.42. The number of nitrogens with one attached hydrogen (secondary N) is 1. The van der Waals surface area contributed by atoms with Crippen molar-refractivity contribution in [3.8, 4) is 0 Å². The standard InChI is InChI=1S/C14H25N/c1-13(2,3)9-12(14(4,5)6)11-7-8-15-10-11/h7-8,10,12,15H,9H2,1-6H3. The first-order chi connectivity index (χ1) is 6.70. The molecule has 1 heteroatoms. The second kappa shape index (κ2) is 4.03. The van der Waals surface area contributed by atoms with Crippen molar-refractivity contribution in [2.24, 2.45) is 10.8 Å². The van der Waals surface area contributed by atoms with Crippen LogP contribution in [-0.4, -0.2) is 4.98 Å². The topological polar surface area (TPSA) is 15.8 Å². The number of hydrogen-bond donors (Lipinski definition) is 1. The molecule has 0 aliphatic heterocycles. The van der Waals surface area contributed by atoms with Crippen molar-refractivity contribution in [1.29, 1.82) is 0 Å². The number of aromatic nitrogens is 1. The fraction of sp³-hybridized carbons (Fsp3) is 0.714. The SMILES string of the molecule is CC(C)(C)CC(c1cc[nH]c1)C(C)(C)C. The molecule has 1 nitrogen and oxygen atoms in total. The highest BCUT2D eigenvalue weighted by atomic mass is 14.6. The van der Waals surface area contributed by atoms with E-state index in [0.717, 1.165) is 0 Å². The van der Waals surface area contributed by atoms with Crippen LogP contribution in [0.1, 0.15) is 59.4 Å². The van der Waals surface area contributed by atoms with Crippen LogP contribution in [0.4, 0.5) is 0 Å². The number of hydrogen-bond acceptors (Lipinski definition) is 0. The smallest absolute Gasteiger partial charge is 0.00403 e. The van der Waals surface area contributed by atoms with E-state index >= 15 is 0 Å². The first-order valence-corrected chi connectivity index (χ1v) is 5.83. The minimum Gasteiger partial charge on any atom is -0.367 e. The summed E-state index contributed by atoms with van der Waals surface area (Å²) in [6.45, 7) is 13.9. The fourth-order valence-electron chi connectivity index (χ4n) is 2.09. The molecule has 1 aromatic rings. The lowest BCUT2D eigenvalue weighted by Crippen LogP contribution is -2.23. The van der Waals surface area contributed by atoms with Gasteiger partial charge in [-0.2, -0.15) is 0 Å². The molecule has 15 heavy (non-hydrogen) atoms. The molecular formula is C14H25N. The maximum atomic E-state index is 3.17. The first kappa shape index (κ1) is 12.4. The Balaban J connectivity index is 2.90. The third-order valence-electron chi connectivity index (χ3n) is 2.89. The molecule has 0 saturated heterocycles. The summed E-state index contributed by atoms with van der Waals surface area (Å²) >= 11 is 0.